The average molecular weight is 412 g/mol. The zero-order valence-corrected chi connectivity index (χ0v) is 18.0. The molecule has 2 amide bonds. The maximum Gasteiger partial charge on any atom is 0.408 e. The minimum absolute atomic E-state index is 0.148. The lowest BCUT2D eigenvalue weighted by molar-refractivity contribution is -0.144. The highest BCUT2D eigenvalue weighted by Gasteiger charge is 2.15. The summed E-state index contributed by atoms with van der Waals surface area (Å²) >= 11 is 0. The number of hydrogen-bond acceptors (Lipinski definition) is 5. The first kappa shape index (κ1) is 24.6. The summed E-state index contributed by atoms with van der Waals surface area (Å²) in [7, 11) is 1.27. The summed E-state index contributed by atoms with van der Waals surface area (Å²) in [6.45, 7) is 7.07. The Morgan fingerprint density at radius 1 is 1.07 bits per heavy atom. The first-order chi connectivity index (χ1) is 14.1. The lowest BCUT2D eigenvalue weighted by Gasteiger charge is -2.19. The van der Waals surface area contributed by atoms with Crippen molar-refractivity contribution in [2.45, 2.75) is 52.2 Å². The van der Waals surface area contributed by atoms with E-state index in [9.17, 15) is 14.4 Å². The maximum absolute atomic E-state index is 11.8. The van der Waals surface area contributed by atoms with Crippen molar-refractivity contribution < 1.29 is 23.9 Å². The van der Waals surface area contributed by atoms with Gasteiger partial charge in [0.25, 0.3) is 0 Å². The van der Waals surface area contributed by atoms with Gasteiger partial charge >= 0.3 is 12.1 Å². The molecule has 1 aromatic carbocycles. The predicted octanol–water partition coefficient (Wildman–Crippen LogP) is 2.37. The zero-order valence-electron chi connectivity index (χ0n) is 18.0. The van der Waals surface area contributed by atoms with Crippen LogP contribution in [0.15, 0.2) is 24.3 Å². The van der Waals surface area contributed by atoms with Gasteiger partial charge in [-0.15, -0.1) is 0 Å². The first-order valence-electron chi connectivity index (χ1n) is 9.53. The summed E-state index contributed by atoms with van der Waals surface area (Å²) in [4.78, 5) is 34.7. The van der Waals surface area contributed by atoms with Crippen LogP contribution in [-0.2, 0) is 19.1 Å². The Morgan fingerprint density at radius 3 is 2.23 bits per heavy atom. The largest absolute Gasteiger partial charge is 0.467 e. The van der Waals surface area contributed by atoms with Gasteiger partial charge in [0.1, 0.15) is 11.6 Å². The third kappa shape index (κ3) is 10.2. The summed E-state index contributed by atoms with van der Waals surface area (Å²) in [5.74, 6) is 11.0. The van der Waals surface area contributed by atoms with Gasteiger partial charge in [-0.1, -0.05) is 35.8 Å². The SMILES string of the molecule is COC(=O)[C@H](C)NC(=O)CCC#Cc1ccccc1C#CCNC(=O)OC(C)(C)C. The molecule has 0 saturated carbocycles. The Morgan fingerprint density at radius 2 is 1.67 bits per heavy atom. The van der Waals surface area contributed by atoms with Crippen LogP contribution in [0, 0.1) is 23.7 Å². The molecule has 0 aliphatic rings. The van der Waals surface area contributed by atoms with Crippen LogP contribution in [0.3, 0.4) is 0 Å². The van der Waals surface area contributed by atoms with Crippen molar-refractivity contribution in [1.29, 1.82) is 0 Å². The molecule has 0 aliphatic carbocycles. The van der Waals surface area contributed by atoms with Gasteiger partial charge in [-0.3, -0.25) is 4.79 Å². The second kappa shape index (κ2) is 12.2. The number of amides is 2. The predicted molar refractivity (Wildman–Crippen MR) is 113 cm³/mol. The summed E-state index contributed by atoms with van der Waals surface area (Å²) in [6.07, 6.45) is -0.0198. The molecule has 1 atom stereocenters. The van der Waals surface area contributed by atoms with Crippen molar-refractivity contribution in [3.8, 4) is 23.7 Å². The zero-order chi connectivity index (χ0) is 22.6. The van der Waals surface area contributed by atoms with Crippen LogP contribution >= 0.6 is 0 Å². The molecule has 30 heavy (non-hydrogen) atoms. The molecule has 7 nitrogen and oxygen atoms in total. The first-order valence-corrected chi connectivity index (χ1v) is 9.53. The highest BCUT2D eigenvalue weighted by Crippen LogP contribution is 2.07. The van der Waals surface area contributed by atoms with E-state index in [0.29, 0.717) is 6.42 Å². The second-order valence-corrected chi connectivity index (χ2v) is 7.32. The number of ether oxygens (including phenoxy) is 2. The monoisotopic (exact) mass is 412 g/mol. The number of nitrogens with one attached hydrogen (secondary N) is 2. The van der Waals surface area contributed by atoms with Crippen molar-refractivity contribution in [1.82, 2.24) is 10.6 Å². The number of methoxy groups -OCH3 is 1. The van der Waals surface area contributed by atoms with Crippen LogP contribution in [0.2, 0.25) is 0 Å². The molecule has 0 radical (unpaired) electrons. The molecule has 0 aliphatic heterocycles. The summed E-state index contributed by atoms with van der Waals surface area (Å²) < 4.78 is 9.70. The molecular weight excluding hydrogens is 384 g/mol. The number of hydrogen-bond donors (Lipinski definition) is 2. The lowest BCUT2D eigenvalue weighted by atomic mass is 10.1. The molecule has 1 rings (SSSR count). The Bertz CT molecular complexity index is 879. The maximum atomic E-state index is 11.8. The van der Waals surface area contributed by atoms with Gasteiger partial charge in [0.05, 0.1) is 13.7 Å². The number of esters is 1. The lowest BCUT2D eigenvalue weighted by Crippen LogP contribution is -2.38. The number of carbonyl (C=O) groups is 3. The van der Waals surface area contributed by atoms with Gasteiger partial charge in [0, 0.05) is 24.0 Å². The fourth-order valence-corrected chi connectivity index (χ4v) is 2.15. The third-order valence-electron chi connectivity index (χ3n) is 3.50. The minimum Gasteiger partial charge on any atom is -0.467 e. The normalized spacial score (nSPS) is 11.0. The fourth-order valence-electron chi connectivity index (χ4n) is 2.15. The summed E-state index contributed by atoms with van der Waals surface area (Å²) in [5.41, 5.74) is 0.888. The van der Waals surface area contributed by atoms with E-state index in [1.807, 2.05) is 24.3 Å². The smallest absolute Gasteiger partial charge is 0.408 e. The summed E-state index contributed by atoms with van der Waals surface area (Å²) in [5, 5.41) is 5.12. The van der Waals surface area contributed by atoms with E-state index in [1.54, 1.807) is 27.7 Å². The molecule has 0 bridgehead atoms. The molecule has 0 fully saturated rings. The van der Waals surface area contributed by atoms with Gasteiger partial charge in [-0.25, -0.2) is 9.59 Å². The quantitative estimate of drug-likeness (QED) is 0.572. The Hall–Kier alpha value is -3.45. The Balaban J connectivity index is 2.58. The average Bonchev–Trinajstić information content (AvgIpc) is 2.67. The van der Waals surface area contributed by atoms with E-state index in [-0.39, 0.29) is 18.9 Å². The number of alkyl carbamates (subject to hydrolysis) is 1. The van der Waals surface area contributed by atoms with E-state index >= 15 is 0 Å². The molecule has 0 saturated heterocycles. The second-order valence-electron chi connectivity index (χ2n) is 7.32. The number of carbonyl (C=O) groups excluding carboxylic acids is 3. The molecular formula is C23H28N2O5. The highest BCUT2D eigenvalue weighted by molar-refractivity contribution is 5.84. The van der Waals surface area contributed by atoms with Crippen LogP contribution in [-0.4, -0.2) is 43.3 Å². The Labute approximate surface area is 177 Å². The summed E-state index contributed by atoms with van der Waals surface area (Å²) in [6, 6.07) is 6.66. The van der Waals surface area contributed by atoms with Gasteiger partial charge in [-0.05, 0) is 39.8 Å². The van der Waals surface area contributed by atoms with Gasteiger partial charge < -0.3 is 20.1 Å². The van der Waals surface area contributed by atoms with E-state index in [0.717, 1.165) is 11.1 Å². The number of benzene rings is 1. The molecule has 0 aromatic heterocycles. The van der Waals surface area contributed by atoms with Gasteiger partial charge in [0.15, 0.2) is 0 Å². The van der Waals surface area contributed by atoms with Crippen LogP contribution < -0.4 is 10.6 Å². The van der Waals surface area contributed by atoms with E-state index in [1.165, 1.54) is 7.11 Å². The number of rotatable bonds is 5. The minimum atomic E-state index is -0.694. The van der Waals surface area contributed by atoms with Crippen LogP contribution in [0.4, 0.5) is 4.79 Å². The van der Waals surface area contributed by atoms with Gasteiger partial charge in [0.2, 0.25) is 5.91 Å². The topological polar surface area (TPSA) is 93.7 Å². The molecule has 160 valence electrons. The molecule has 0 unspecified atom stereocenters. The molecule has 0 heterocycles. The Kier molecular flexibility index (Phi) is 9.99. The van der Waals surface area contributed by atoms with Crippen molar-refractivity contribution in [3.63, 3.8) is 0 Å². The van der Waals surface area contributed by atoms with Crippen molar-refractivity contribution >= 4 is 18.0 Å². The van der Waals surface area contributed by atoms with Crippen molar-refractivity contribution in [2.24, 2.45) is 0 Å². The molecule has 1 aromatic rings. The highest BCUT2D eigenvalue weighted by atomic mass is 16.6. The third-order valence-corrected chi connectivity index (χ3v) is 3.50. The van der Waals surface area contributed by atoms with Crippen LogP contribution in [0.5, 0.6) is 0 Å². The van der Waals surface area contributed by atoms with Crippen molar-refractivity contribution in [2.75, 3.05) is 13.7 Å². The van der Waals surface area contributed by atoms with E-state index in [4.69, 9.17) is 4.74 Å². The van der Waals surface area contributed by atoms with Crippen molar-refractivity contribution in [3.05, 3.63) is 35.4 Å². The van der Waals surface area contributed by atoms with Crippen LogP contribution in [0.1, 0.15) is 51.7 Å². The molecule has 7 heteroatoms. The van der Waals surface area contributed by atoms with Crippen LogP contribution in [0.25, 0.3) is 0 Å². The van der Waals surface area contributed by atoms with E-state index in [2.05, 4.69) is 39.1 Å². The molecule has 0 spiro atoms. The standard InChI is InChI=1S/C23H28N2O5/c1-17(21(27)29-5)25-20(26)15-9-8-13-18-11-6-7-12-19(18)14-10-16-24-22(28)30-23(2,3)4/h6-7,11-12,17H,9,15-16H2,1-5H3,(H,24,28)(H,25,26)/t17-/m0/s1. The van der Waals surface area contributed by atoms with E-state index < -0.39 is 23.7 Å². The fraction of sp³-hybridized carbons (Fsp3) is 0.435. The van der Waals surface area contributed by atoms with Gasteiger partial charge in [-0.2, -0.15) is 0 Å². The molecule has 2 N–H and O–H groups in total.